The number of nitrogens with zero attached hydrogens (tertiary/aromatic N) is 2. The summed E-state index contributed by atoms with van der Waals surface area (Å²) in [4.78, 5) is 17.4. The van der Waals surface area contributed by atoms with Gasteiger partial charge in [0.2, 0.25) is 0 Å². The predicted molar refractivity (Wildman–Crippen MR) is 71.4 cm³/mol. The van der Waals surface area contributed by atoms with E-state index >= 15 is 0 Å². The van der Waals surface area contributed by atoms with Crippen molar-refractivity contribution in [3.8, 4) is 0 Å². The topological polar surface area (TPSA) is 53.4 Å². The Balaban J connectivity index is 2.34. The fraction of sp³-hybridized carbons (Fsp3) is 0.538. The van der Waals surface area contributed by atoms with Crippen LogP contribution in [0, 0.1) is 5.41 Å². The fourth-order valence-electron chi connectivity index (χ4n) is 2.42. The predicted octanol–water partition coefficient (Wildman–Crippen LogP) is 3.06. The van der Waals surface area contributed by atoms with E-state index in [1.165, 1.54) is 18.7 Å². The lowest BCUT2D eigenvalue weighted by atomic mass is 9.84. The number of piperidine rings is 1. The van der Waals surface area contributed by atoms with E-state index in [1.807, 2.05) is 0 Å². The molecule has 1 N–H and O–H groups in total. The smallest absolute Gasteiger partial charge is 0.337 e. The van der Waals surface area contributed by atoms with E-state index in [0.29, 0.717) is 5.82 Å². The third kappa shape index (κ3) is 2.58. The number of pyridine rings is 1. The maximum Gasteiger partial charge on any atom is 0.337 e. The molecule has 1 aromatic heterocycles. The molecular weight excluding hydrogens is 252 g/mol. The standard InChI is InChI=1S/C13H17ClN2O2/c1-13(2)5-3-7-16(8-13)11-10(14)9(12(17)18)4-6-15-11/h4,6H,3,5,7-8H2,1-2H3,(H,17,18). The van der Waals surface area contributed by atoms with Crippen LogP contribution < -0.4 is 4.90 Å². The summed E-state index contributed by atoms with van der Waals surface area (Å²) in [6.45, 7) is 6.13. The first-order valence-electron chi connectivity index (χ1n) is 6.03. The van der Waals surface area contributed by atoms with Crippen LogP contribution in [0.25, 0.3) is 0 Å². The van der Waals surface area contributed by atoms with Crippen LogP contribution in [0.3, 0.4) is 0 Å². The number of carboxylic acids is 1. The average Bonchev–Trinajstić information content (AvgIpc) is 2.27. The summed E-state index contributed by atoms with van der Waals surface area (Å²) in [6.07, 6.45) is 3.74. The number of hydrogen-bond acceptors (Lipinski definition) is 3. The highest BCUT2D eigenvalue weighted by molar-refractivity contribution is 6.35. The van der Waals surface area contributed by atoms with Crippen LogP contribution >= 0.6 is 11.6 Å². The molecule has 5 heteroatoms. The molecule has 0 saturated carbocycles. The first kappa shape index (κ1) is 13.1. The monoisotopic (exact) mass is 268 g/mol. The zero-order chi connectivity index (χ0) is 13.3. The number of hydrogen-bond donors (Lipinski definition) is 1. The van der Waals surface area contributed by atoms with Gasteiger partial charge in [0.1, 0.15) is 5.82 Å². The number of aromatic nitrogens is 1. The number of carbonyl (C=O) groups is 1. The Bertz CT molecular complexity index is 474. The summed E-state index contributed by atoms with van der Waals surface area (Å²) in [5.74, 6) is -0.427. The Morgan fingerprint density at radius 2 is 2.28 bits per heavy atom. The Morgan fingerprint density at radius 3 is 2.89 bits per heavy atom. The second-order valence-corrected chi connectivity index (χ2v) is 5.87. The van der Waals surface area contributed by atoms with Crippen molar-refractivity contribution in [2.24, 2.45) is 5.41 Å². The van der Waals surface area contributed by atoms with Crippen LogP contribution in [0.1, 0.15) is 37.0 Å². The van der Waals surface area contributed by atoms with Gasteiger partial charge in [0, 0.05) is 19.3 Å². The summed E-state index contributed by atoms with van der Waals surface area (Å²) in [7, 11) is 0. The van der Waals surface area contributed by atoms with Crippen molar-refractivity contribution >= 4 is 23.4 Å². The molecule has 4 nitrogen and oxygen atoms in total. The van der Waals surface area contributed by atoms with Crippen molar-refractivity contribution in [2.75, 3.05) is 18.0 Å². The maximum absolute atomic E-state index is 11.1. The molecule has 0 amide bonds. The Hall–Kier alpha value is -1.29. The molecule has 0 spiro atoms. The zero-order valence-electron chi connectivity index (χ0n) is 10.6. The van der Waals surface area contributed by atoms with Gasteiger partial charge in [0.05, 0.1) is 10.6 Å². The fourth-order valence-corrected chi connectivity index (χ4v) is 2.73. The number of carboxylic acid groups (broad SMARTS) is 1. The largest absolute Gasteiger partial charge is 0.478 e. The molecule has 0 aromatic carbocycles. The molecule has 1 saturated heterocycles. The van der Waals surface area contributed by atoms with E-state index in [9.17, 15) is 4.79 Å². The van der Waals surface area contributed by atoms with Gasteiger partial charge in [-0.2, -0.15) is 0 Å². The molecule has 0 radical (unpaired) electrons. The third-order valence-corrected chi connectivity index (χ3v) is 3.67. The van der Waals surface area contributed by atoms with Gasteiger partial charge < -0.3 is 10.0 Å². The first-order valence-corrected chi connectivity index (χ1v) is 6.41. The molecule has 2 heterocycles. The van der Waals surface area contributed by atoms with Gasteiger partial charge in [-0.3, -0.25) is 0 Å². The molecule has 1 aliphatic heterocycles. The molecule has 0 bridgehead atoms. The van der Waals surface area contributed by atoms with Crippen LogP contribution in [0.4, 0.5) is 5.82 Å². The second-order valence-electron chi connectivity index (χ2n) is 5.49. The number of anilines is 1. The molecule has 1 fully saturated rings. The second kappa shape index (κ2) is 4.76. The third-order valence-electron chi connectivity index (χ3n) is 3.30. The SMILES string of the molecule is CC1(C)CCCN(c2nccc(C(=O)O)c2Cl)C1. The summed E-state index contributed by atoms with van der Waals surface area (Å²) in [6, 6.07) is 1.43. The van der Waals surface area contributed by atoms with Crippen molar-refractivity contribution in [3.63, 3.8) is 0 Å². The highest BCUT2D eigenvalue weighted by Crippen LogP contribution is 2.34. The first-order chi connectivity index (χ1) is 8.41. The lowest BCUT2D eigenvalue weighted by Gasteiger charge is -2.39. The minimum atomic E-state index is -1.01. The minimum absolute atomic E-state index is 0.116. The van der Waals surface area contributed by atoms with Crippen LogP contribution in [0.2, 0.25) is 5.02 Å². The molecule has 2 rings (SSSR count). The molecule has 1 aliphatic rings. The van der Waals surface area contributed by atoms with Crippen molar-refractivity contribution in [3.05, 3.63) is 22.8 Å². The van der Waals surface area contributed by atoms with Crippen molar-refractivity contribution in [2.45, 2.75) is 26.7 Å². The lowest BCUT2D eigenvalue weighted by molar-refractivity contribution is 0.0697. The molecular formula is C13H17ClN2O2. The van der Waals surface area contributed by atoms with E-state index in [4.69, 9.17) is 16.7 Å². The van der Waals surface area contributed by atoms with E-state index in [-0.39, 0.29) is 16.0 Å². The zero-order valence-corrected chi connectivity index (χ0v) is 11.4. The molecule has 1 aromatic rings. The van der Waals surface area contributed by atoms with Crippen LogP contribution in [0.15, 0.2) is 12.3 Å². The van der Waals surface area contributed by atoms with Gasteiger partial charge in [-0.25, -0.2) is 9.78 Å². The number of aromatic carboxylic acids is 1. The van der Waals surface area contributed by atoms with Crippen LogP contribution in [-0.2, 0) is 0 Å². The molecule has 0 aliphatic carbocycles. The minimum Gasteiger partial charge on any atom is -0.478 e. The quantitative estimate of drug-likeness (QED) is 0.896. The van der Waals surface area contributed by atoms with E-state index in [0.717, 1.165) is 19.5 Å². The van der Waals surface area contributed by atoms with E-state index in [1.54, 1.807) is 0 Å². The van der Waals surface area contributed by atoms with Gasteiger partial charge in [-0.15, -0.1) is 0 Å². The average molecular weight is 269 g/mol. The highest BCUT2D eigenvalue weighted by atomic mass is 35.5. The van der Waals surface area contributed by atoms with E-state index in [2.05, 4.69) is 23.7 Å². The summed E-state index contributed by atoms with van der Waals surface area (Å²) in [5.41, 5.74) is 0.327. The maximum atomic E-state index is 11.1. The highest BCUT2D eigenvalue weighted by Gasteiger charge is 2.29. The number of halogens is 1. The summed E-state index contributed by atoms with van der Waals surface area (Å²) < 4.78 is 0. The van der Waals surface area contributed by atoms with Gasteiger partial charge in [-0.1, -0.05) is 25.4 Å². The van der Waals surface area contributed by atoms with Crippen molar-refractivity contribution in [1.29, 1.82) is 0 Å². The van der Waals surface area contributed by atoms with Crippen molar-refractivity contribution in [1.82, 2.24) is 4.98 Å². The molecule has 18 heavy (non-hydrogen) atoms. The summed E-state index contributed by atoms with van der Waals surface area (Å²) >= 11 is 6.15. The number of rotatable bonds is 2. The van der Waals surface area contributed by atoms with Gasteiger partial charge in [0.15, 0.2) is 0 Å². The van der Waals surface area contributed by atoms with Gasteiger partial charge >= 0.3 is 5.97 Å². The Labute approximate surface area is 112 Å². The van der Waals surface area contributed by atoms with Gasteiger partial charge in [0.25, 0.3) is 0 Å². The molecule has 0 atom stereocenters. The van der Waals surface area contributed by atoms with Crippen molar-refractivity contribution < 1.29 is 9.90 Å². The lowest BCUT2D eigenvalue weighted by Crippen LogP contribution is -2.40. The van der Waals surface area contributed by atoms with Crippen LogP contribution in [-0.4, -0.2) is 29.1 Å². The van der Waals surface area contributed by atoms with E-state index < -0.39 is 5.97 Å². The summed E-state index contributed by atoms with van der Waals surface area (Å²) in [5, 5.41) is 9.30. The molecule has 98 valence electrons. The Kier molecular flexibility index (Phi) is 3.48. The van der Waals surface area contributed by atoms with Gasteiger partial charge in [-0.05, 0) is 24.3 Å². The van der Waals surface area contributed by atoms with Crippen LogP contribution in [0.5, 0.6) is 0 Å². The normalized spacial score (nSPS) is 18.7. The Morgan fingerprint density at radius 1 is 1.56 bits per heavy atom. The molecule has 0 unspecified atom stereocenters.